The largest absolute Gasteiger partial charge is 0.464 e. The summed E-state index contributed by atoms with van der Waals surface area (Å²) in [5.74, 6) is -0.430. The molecule has 1 aliphatic rings. The Kier molecular flexibility index (Phi) is 6.60. The van der Waals surface area contributed by atoms with Gasteiger partial charge in [-0.05, 0) is 46.4 Å². The fraction of sp³-hybridized carbons (Fsp3) is 0.192. The van der Waals surface area contributed by atoms with E-state index in [-0.39, 0.29) is 11.6 Å². The molecule has 1 N–H and O–H groups in total. The number of esters is 1. The van der Waals surface area contributed by atoms with Crippen molar-refractivity contribution in [3.05, 3.63) is 95.3 Å². The molecule has 162 valence electrons. The third kappa shape index (κ3) is 4.70. The van der Waals surface area contributed by atoms with Gasteiger partial charge in [-0.15, -0.1) is 0 Å². The molecule has 0 spiro atoms. The van der Waals surface area contributed by atoms with Crippen LogP contribution in [0.4, 0.5) is 4.79 Å². The van der Waals surface area contributed by atoms with Gasteiger partial charge in [-0.1, -0.05) is 60.7 Å². The average molecular weight is 428 g/mol. The molecule has 0 fully saturated rings. The molecule has 1 heterocycles. The Balaban J connectivity index is 1.26. The summed E-state index contributed by atoms with van der Waals surface area (Å²) < 4.78 is 10.2. The van der Waals surface area contributed by atoms with E-state index in [2.05, 4.69) is 39.3 Å². The van der Waals surface area contributed by atoms with E-state index in [1.54, 1.807) is 18.3 Å². The molecule has 4 rings (SSSR count). The van der Waals surface area contributed by atoms with Crippen molar-refractivity contribution in [2.24, 2.45) is 0 Å². The number of nitrogens with zero attached hydrogens (tertiary/aromatic N) is 1. The zero-order valence-electron chi connectivity index (χ0n) is 17.8. The number of carbonyl (C=O) groups is 2. The van der Waals surface area contributed by atoms with Crippen LogP contribution in [0.5, 0.6) is 0 Å². The maximum atomic E-state index is 12.2. The minimum Gasteiger partial charge on any atom is -0.464 e. The number of rotatable bonds is 7. The molecule has 3 aromatic rings. The van der Waals surface area contributed by atoms with Crippen molar-refractivity contribution in [3.63, 3.8) is 0 Å². The number of ether oxygens (including phenoxy) is 2. The van der Waals surface area contributed by atoms with Gasteiger partial charge in [0.1, 0.15) is 12.3 Å². The van der Waals surface area contributed by atoms with Crippen molar-refractivity contribution >= 4 is 18.1 Å². The van der Waals surface area contributed by atoms with E-state index in [0.29, 0.717) is 19.6 Å². The predicted octanol–water partition coefficient (Wildman–Crippen LogP) is 4.81. The first-order valence-corrected chi connectivity index (χ1v) is 10.5. The first-order chi connectivity index (χ1) is 15.7. The second kappa shape index (κ2) is 9.92. The maximum Gasteiger partial charge on any atom is 0.407 e. The van der Waals surface area contributed by atoms with E-state index in [0.717, 1.165) is 5.56 Å². The monoisotopic (exact) mass is 428 g/mol. The smallest absolute Gasteiger partial charge is 0.407 e. The molecule has 0 aliphatic heterocycles. The molecule has 6 heteroatoms. The molecular formula is C26H24N2O4. The van der Waals surface area contributed by atoms with Crippen molar-refractivity contribution in [3.8, 4) is 11.1 Å². The quantitative estimate of drug-likeness (QED) is 0.432. The fourth-order valence-electron chi connectivity index (χ4n) is 3.89. The van der Waals surface area contributed by atoms with Crippen LogP contribution < -0.4 is 5.32 Å². The van der Waals surface area contributed by atoms with E-state index < -0.39 is 12.1 Å². The van der Waals surface area contributed by atoms with Gasteiger partial charge in [-0.25, -0.2) is 14.6 Å². The van der Waals surface area contributed by atoms with E-state index in [1.165, 1.54) is 29.4 Å². The fourth-order valence-corrected chi connectivity index (χ4v) is 3.89. The lowest BCUT2D eigenvalue weighted by molar-refractivity contribution is 0.0594. The molecule has 6 nitrogen and oxygen atoms in total. The lowest BCUT2D eigenvalue weighted by atomic mass is 9.98. The Labute approximate surface area is 186 Å². The Morgan fingerprint density at radius 1 is 1.03 bits per heavy atom. The second-order valence-corrected chi connectivity index (χ2v) is 7.41. The molecule has 0 saturated heterocycles. The molecular weight excluding hydrogens is 404 g/mol. The van der Waals surface area contributed by atoms with Crippen LogP contribution in [0, 0.1) is 0 Å². The van der Waals surface area contributed by atoms with Crippen LogP contribution in [0.3, 0.4) is 0 Å². The van der Waals surface area contributed by atoms with Gasteiger partial charge in [0.2, 0.25) is 0 Å². The number of hydrogen-bond donors (Lipinski definition) is 1. The first-order valence-electron chi connectivity index (χ1n) is 10.5. The number of methoxy groups -OCH3 is 1. The van der Waals surface area contributed by atoms with Gasteiger partial charge in [0.15, 0.2) is 0 Å². The van der Waals surface area contributed by atoms with Crippen LogP contribution in [0.25, 0.3) is 17.2 Å². The van der Waals surface area contributed by atoms with E-state index in [1.807, 2.05) is 36.4 Å². The number of fused-ring (bicyclic) bond motifs is 3. The number of pyridine rings is 1. The lowest BCUT2D eigenvalue weighted by Crippen LogP contribution is -2.26. The number of aromatic nitrogens is 1. The lowest BCUT2D eigenvalue weighted by Gasteiger charge is -2.14. The number of hydrogen-bond acceptors (Lipinski definition) is 5. The van der Waals surface area contributed by atoms with Crippen LogP contribution in [0.1, 0.15) is 39.5 Å². The Morgan fingerprint density at radius 2 is 1.72 bits per heavy atom. The summed E-state index contributed by atoms with van der Waals surface area (Å²) in [6.45, 7) is 0.741. The van der Waals surface area contributed by atoms with Gasteiger partial charge < -0.3 is 14.8 Å². The molecule has 0 unspecified atom stereocenters. The minimum atomic E-state index is -0.475. The van der Waals surface area contributed by atoms with E-state index >= 15 is 0 Å². The Bertz CT molecular complexity index is 1110. The Morgan fingerprint density at radius 3 is 2.41 bits per heavy atom. The summed E-state index contributed by atoms with van der Waals surface area (Å²) in [5.41, 5.74) is 5.87. The summed E-state index contributed by atoms with van der Waals surface area (Å²) in [6.07, 6.45) is 5.53. The number of benzene rings is 2. The second-order valence-electron chi connectivity index (χ2n) is 7.41. The number of amides is 1. The average Bonchev–Trinajstić information content (AvgIpc) is 3.16. The normalized spacial score (nSPS) is 12.3. The highest BCUT2D eigenvalue weighted by Gasteiger charge is 2.28. The van der Waals surface area contributed by atoms with Crippen LogP contribution in [0.15, 0.2) is 72.9 Å². The van der Waals surface area contributed by atoms with Gasteiger partial charge in [-0.3, -0.25) is 0 Å². The van der Waals surface area contributed by atoms with Crippen LogP contribution >= 0.6 is 0 Å². The van der Waals surface area contributed by atoms with Crippen molar-refractivity contribution in [1.29, 1.82) is 0 Å². The summed E-state index contributed by atoms with van der Waals surface area (Å²) >= 11 is 0. The molecule has 2 aromatic carbocycles. The highest BCUT2D eigenvalue weighted by Crippen LogP contribution is 2.44. The van der Waals surface area contributed by atoms with Crippen molar-refractivity contribution in [1.82, 2.24) is 10.3 Å². The van der Waals surface area contributed by atoms with Gasteiger partial charge in [0.25, 0.3) is 0 Å². The van der Waals surface area contributed by atoms with Crippen molar-refractivity contribution in [2.45, 2.75) is 12.3 Å². The summed E-state index contributed by atoms with van der Waals surface area (Å²) in [7, 11) is 1.32. The van der Waals surface area contributed by atoms with Gasteiger partial charge in [0.05, 0.1) is 7.11 Å². The molecule has 32 heavy (non-hydrogen) atoms. The zero-order chi connectivity index (χ0) is 22.3. The standard InChI is InChI=1S/C26H24N2O4/c1-31-25(29)24-16-18(13-15-27-24)8-6-7-14-28-26(30)32-17-23-21-11-4-2-9-19(21)20-10-3-5-12-22(20)23/h2-6,8-13,15-16,23H,7,14,17H2,1H3,(H,28,30). The number of carbonyl (C=O) groups excluding carboxylic acids is 2. The number of alkyl carbamates (subject to hydrolysis) is 1. The topological polar surface area (TPSA) is 77.5 Å². The third-order valence-electron chi connectivity index (χ3n) is 5.41. The maximum absolute atomic E-state index is 12.2. The van der Waals surface area contributed by atoms with Crippen LogP contribution in [0.2, 0.25) is 0 Å². The van der Waals surface area contributed by atoms with Crippen molar-refractivity contribution < 1.29 is 19.1 Å². The predicted molar refractivity (Wildman–Crippen MR) is 122 cm³/mol. The molecule has 0 radical (unpaired) electrons. The third-order valence-corrected chi connectivity index (χ3v) is 5.41. The van der Waals surface area contributed by atoms with Gasteiger partial charge in [-0.2, -0.15) is 0 Å². The number of nitrogens with one attached hydrogen (secondary N) is 1. The summed E-state index contributed by atoms with van der Waals surface area (Å²) in [4.78, 5) is 27.7. The zero-order valence-corrected chi connectivity index (χ0v) is 17.8. The van der Waals surface area contributed by atoms with Gasteiger partial charge >= 0.3 is 12.1 Å². The molecule has 1 aliphatic carbocycles. The molecule has 1 aromatic heterocycles. The minimum absolute atomic E-state index is 0.0451. The molecule has 0 bridgehead atoms. The first kappa shape index (κ1) is 21.3. The highest BCUT2D eigenvalue weighted by molar-refractivity contribution is 5.87. The SMILES string of the molecule is COC(=O)c1cc(C=CCCNC(=O)OCC2c3ccccc3-c3ccccc32)ccn1. The van der Waals surface area contributed by atoms with E-state index in [9.17, 15) is 9.59 Å². The van der Waals surface area contributed by atoms with Gasteiger partial charge in [0, 0.05) is 18.7 Å². The molecule has 0 atom stereocenters. The van der Waals surface area contributed by atoms with Crippen LogP contribution in [-0.4, -0.2) is 37.3 Å². The highest BCUT2D eigenvalue weighted by atomic mass is 16.5. The Hall–Kier alpha value is -3.93. The van der Waals surface area contributed by atoms with Crippen molar-refractivity contribution in [2.75, 3.05) is 20.3 Å². The van der Waals surface area contributed by atoms with E-state index in [4.69, 9.17) is 4.74 Å². The molecule has 1 amide bonds. The summed E-state index contributed by atoms with van der Waals surface area (Å²) in [6, 6.07) is 19.9. The van der Waals surface area contributed by atoms with Crippen LogP contribution in [-0.2, 0) is 9.47 Å². The molecule has 0 saturated carbocycles. The summed E-state index contributed by atoms with van der Waals surface area (Å²) in [5, 5.41) is 2.78.